The van der Waals surface area contributed by atoms with Crippen LogP contribution in [0.3, 0.4) is 0 Å². The van der Waals surface area contributed by atoms with E-state index in [-0.39, 0.29) is 11.3 Å². The van der Waals surface area contributed by atoms with E-state index in [4.69, 9.17) is 4.74 Å². The molecule has 0 spiro atoms. The van der Waals surface area contributed by atoms with Gasteiger partial charge in [0, 0.05) is 36.9 Å². The summed E-state index contributed by atoms with van der Waals surface area (Å²) in [5.41, 5.74) is 1.21. The predicted octanol–water partition coefficient (Wildman–Crippen LogP) is 3.17. The van der Waals surface area contributed by atoms with Crippen molar-refractivity contribution >= 4 is 28.2 Å². The molecule has 1 heterocycles. The standard InChI is InChI=1S/C19H16N4O4/c1-27-9-8-21-16-7-6-13(10-18(16)23(25)26)19(24)22-12-14(11-20)15-4-2-3-5-17(15)22/h2-7,10,12,21H,8-9H2,1H3. The van der Waals surface area contributed by atoms with Crippen LogP contribution in [0.25, 0.3) is 10.9 Å². The van der Waals surface area contributed by atoms with Gasteiger partial charge in [0.1, 0.15) is 11.8 Å². The first kappa shape index (κ1) is 18.1. The first-order chi connectivity index (χ1) is 13.1. The van der Waals surface area contributed by atoms with Crippen LogP contribution in [0.1, 0.15) is 15.9 Å². The lowest BCUT2D eigenvalue weighted by Gasteiger charge is -2.09. The minimum absolute atomic E-state index is 0.157. The second-order valence-electron chi connectivity index (χ2n) is 5.76. The van der Waals surface area contributed by atoms with Crippen LogP contribution < -0.4 is 5.32 Å². The van der Waals surface area contributed by atoms with Gasteiger partial charge in [-0.15, -0.1) is 0 Å². The van der Waals surface area contributed by atoms with E-state index < -0.39 is 10.8 Å². The van der Waals surface area contributed by atoms with Gasteiger partial charge in [0.2, 0.25) is 0 Å². The highest BCUT2D eigenvalue weighted by Gasteiger charge is 2.20. The number of carbonyl (C=O) groups excluding carboxylic acids is 1. The Kier molecular flexibility index (Phi) is 5.15. The Morgan fingerprint density at radius 3 is 2.81 bits per heavy atom. The van der Waals surface area contributed by atoms with Gasteiger partial charge in [-0.25, -0.2) is 0 Å². The zero-order valence-electron chi connectivity index (χ0n) is 14.5. The van der Waals surface area contributed by atoms with Crippen LogP contribution in [0.5, 0.6) is 0 Å². The zero-order chi connectivity index (χ0) is 19.4. The van der Waals surface area contributed by atoms with E-state index in [1.165, 1.54) is 36.1 Å². The fraction of sp³-hybridized carbons (Fsp3) is 0.158. The highest BCUT2D eigenvalue weighted by atomic mass is 16.6. The summed E-state index contributed by atoms with van der Waals surface area (Å²) in [5.74, 6) is -0.445. The molecule has 3 aromatic rings. The molecule has 0 aliphatic heterocycles. The fourth-order valence-corrected chi connectivity index (χ4v) is 2.83. The molecule has 0 radical (unpaired) electrons. The topological polar surface area (TPSA) is 110 Å². The Morgan fingerprint density at radius 2 is 2.11 bits per heavy atom. The molecule has 0 atom stereocenters. The number of anilines is 1. The van der Waals surface area contributed by atoms with Gasteiger partial charge in [-0.1, -0.05) is 18.2 Å². The minimum atomic E-state index is -0.541. The molecular weight excluding hydrogens is 348 g/mol. The lowest BCUT2D eigenvalue weighted by atomic mass is 10.1. The van der Waals surface area contributed by atoms with Gasteiger partial charge in [-0.3, -0.25) is 19.5 Å². The number of aromatic nitrogens is 1. The number of benzene rings is 2. The maximum atomic E-state index is 12.9. The molecule has 3 rings (SSSR count). The maximum absolute atomic E-state index is 12.9. The van der Waals surface area contributed by atoms with Crippen molar-refractivity contribution in [2.75, 3.05) is 25.6 Å². The van der Waals surface area contributed by atoms with Crippen LogP contribution in [0.2, 0.25) is 0 Å². The number of fused-ring (bicyclic) bond motifs is 1. The molecule has 0 fully saturated rings. The van der Waals surface area contributed by atoms with Gasteiger partial charge >= 0.3 is 0 Å². The first-order valence-corrected chi connectivity index (χ1v) is 8.13. The first-order valence-electron chi connectivity index (χ1n) is 8.13. The third-order valence-corrected chi connectivity index (χ3v) is 4.11. The summed E-state index contributed by atoms with van der Waals surface area (Å²) in [5, 5.41) is 24.2. The van der Waals surface area contributed by atoms with Crippen LogP contribution in [0, 0.1) is 21.4 Å². The summed E-state index contributed by atoms with van der Waals surface area (Å²) in [6.07, 6.45) is 1.45. The summed E-state index contributed by atoms with van der Waals surface area (Å²) < 4.78 is 6.26. The van der Waals surface area contributed by atoms with E-state index in [2.05, 4.69) is 11.4 Å². The zero-order valence-corrected chi connectivity index (χ0v) is 14.5. The SMILES string of the molecule is COCCNc1ccc(C(=O)n2cc(C#N)c3ccccc32)cc1[N+](=O)[O-]. The molecule has 0 aliphatic carbocycles. The number of hydrogen-bond donors (Lipinski definition) is 1. The van der Waals surface area contributed by atoms with E-state index in [1.54, 1.807) is 24.3 Å². The number of nitro benzene ring substituents is 1. The minimum Gasteiger partial charge on any atom is -0.383 e. The number of carbonyl (C=O) groups is 1. The molecular formula is C19H16N4O4. The summed E-state index contributed by atoms with van der Waals surface area (Å²) in [6, 6.07) is 13.3. The Balaban J connectivity index is 2.02. The number of methoxy groups -OCH3 is 1. The normalized spacial score (nSPS) is 10.5. The van der Waals surface area contributed by atoms with Gasteiger partial charge in [0.25, 0.3) is 11.6 Å². The quantitative estimate of drug-likeness (QED) is 0.409. The smallest absolute Gasteiger partial charge is 0.293 e. The molecule has 0 saturated heterocycles. The van der Waals surface area contributed by atoms with Crippen molar-refractivity contribution in [2.24, 2.45) is 0 Å². The van der Waals surface area contributed by atoms with E-state index in [0.29, 0.717) is 35.3 Å². The molecule has 2 aromatic carbocycles. The van der Waals surface area contributed by atoms with Crippen molar-refractivity contribution < 1.29 is 14.5 Å². The highest BCUT2D eigenvalue weighted by Crippen LogP contribution is 2.27. The molecule has 1 aromatic heterocycles. The van der Waals surface area contributed by atoms with Gasteiger partial charge in [0.05, 0.1) is 22.6 Å². The molecule has 8 heteroatoms. The maximum Gasteiger partial charge on any atom is 0.293 e. The van der Waals surface area contributed by atoms with E-state index in [1.807, 2.05) is 0 Å². The summed E-state index contributed by atoms with van der Waals surface area (Å²) in [4.78, 5) is 23.8. The number of para-hydroxylation sites is 1. The van der Waals surface area contributed by atoms with E-state index in [9.17, 15) is 20.2 Å². The third-order valence-electron chi connectivity index (χ3n) is 4.11. The fourth-order valence-electron chi connectivity index (χ4n) is 2.83. The number of nitrogens with one attached hydrogen (secondary N) is 1. The summed E-state index contributed by atoms with van der Waals surface area (Å²) in [6.45, 7) is 0.794. The van der Waals surface area contributed by atoms with Gasteiger partial charge < -0.3 is 10.1 Å². The lowest BCUT2D eigenvalue weighted by Crippen LogP contribution is -2.13. The highest BCUT2D eigenvalue weighted by molar-refractivity contribution is 6.04. The second-order valence-corrected chi connectivity index (χ2v) is 5.76. The molecule has 8 nitrogen and oxygen atoms in total. The van der Waals surface area contributed by atoms with Crippen LogP contribution in [0.4, 0.5) is 11.4 Å². The van der Waals surface area contributed by atoms with Crippen molar-refractivity contribution in [3.63, 3.8) is 0 Å². The molecule has 0 unspecified atom stereocenters. The molecule has 136 valence electrons. The number of rotatable bonds is 6. The lowest BCUT2D eigenvalue weighted by molar-refractivity contribution is -0.384. The van der Waals surface area contributed by atoms with Crippen molar-refractivity contribution in [1.29, 1.82) is 5.26 Å². The Morgan fingerprint density at radius 1 is 1.33 bits per heavy atom. The van der Waals surface area contributed by atoms with Crippen LogP contribution >= 0.6 is 0 Å². The Bertz CT molecular complexity index is 1070. The van der Waals surface area contributed by atoms with Gasteiger partial charge in [0.15, 0.2) is 0 Å². The predicted molar refractivity (Wildman–Crippen MR) is 99.8 cm³/mol. The number of nitriles is 1. The van der Waals surface area contributed by atoms with E-state index >= 15 is 0 Å². The molecule has 0 bridgehead atoms. The summed E-state index contributed by atoms with van der Waals surface area (Å²) >= 11 is 0. The van der Waals surface area contributed by atoms with Gasteiger partial charge in [-0.2, -0.15) is 5.26 Å². The third kappa shape index (κ3) is 3.49. The number of ether oxygens (including phenoxy) is 1. The van der Waals surface area contributed by atoms with Crippen molar-refractivity contribution in [3.8, 4) is 6.07 Å². The average molecular weight is 364 g/mol. The van der Waals surface area contributed by atoms with Crippen LogP contribution in [-0.4, -0.2) is 35.7 Å². The monoisotopic (exact) mass is 364 g/mol. The molecule has 0 saturated carbocycles. The number of nitro groups is 1. The van der Waals surface area contributed by atoms with Gasteiger partial charge in [-0.05, 0) is 18.2 Å². The summed E-state index contributed by atoms with van der Waals surface area (Å²) in [7, 11) is 1.54. The molecule has 0 aliphatic rings. The molecule has 0 amide bonds. The Labute approximate surface area is 154 Å². The second kappa shape index (κ2) is 7.68. The van der Waals surface area contributed by atoms with Crippen LogP contribution in [-0.2, 0) is 4.74 Å². The number of hydrogen-bond acceptors (Lipinski definition) is 6. The average Bonchev–Trinajstić information content (AvgIpc) is 3.06. The Hall–Kier alpha value is -3.70. The van der Waals surface area contributed by atoms with Crippen LogP contribution in [0.15, 0.2) is 48.7 Å². The number of nitrogens with zero attached hydrogens (tertiary/aromatic N) is 3. The largest absolute Gasteiger partial charge is 0.383 e. The molecule has 27 heavy (non-hydrogen) atoms. The van der Waals surface area contributed by atoms with Crippen molar-refractivity contribution in [1.82, 2.24) is 4.57 Å². The van der Waals surface area contributed by atoms with Crippen molar-refractivity contribution in [2.45, 2.75) is 0 Å². The molecule has 1 N–H and O–H groups in total. The van der Waals surface area contributed by atoms with Crippen molar-refractivity contribution in [3.05, 3.63) is 69.9 Å². The van der Waals surface area contributed by atoms with E-state index in [0.717, 1.165) is 0 Å².